The van der Waals surface area contributed by atoms with Crippen LogP contribution in [0.1, 0.15) is 39.5 Å². The third-order valence-corrected chi connectivity index (χ3v) is 1.30. The lowest BCUT2D eigenvalue weighted by atomic mass is 10.1. The average molecular weight is 137 g/mol. The summed E-state index contributed by atoms with van der Waals surface area (Å²) in [6.45, 7) is 8.13. The zero-order chi connectivity index (χ0) is 7.82. The van der Waals surface area contributed by atoms with Crippen molar-refractivity contribution in [1.29, 1.82) is 0 Å². The van der Waals surface area contributed by atoms with Gasteiger partial charge >= 0.3 is 0 Å². The number of hydrogen-bond acceptors (Lipinski definition) is 0. The van der Waals surface area contributed by atoms with Crippen LogP contribution in [0, 0.1) is 24.7 Å². The molecule has 0 rings (SSSR count). The second-order valence-corrected chi connectivity index (χ2v) is 2.70. The van der Waals surface area contributed by atoms with Gasteiger partial charge in [0.1, 0.15) is 0 Å². The molecule has 0 aromatic carbocycles. The van der Waals surface area contributed by atoms with Gasteiger partial charge in [0.25, 0.3) is 0 Å². The fourth-order valence-electron chi connectivity index (χ4n) is 0.752. The number of unbranched alkanes of at least 4 members (excludes halogenated alkanes) is 1. The van der Waals surface area contributed by atoms with Gasteiger partial charge in [-0.25, -0.2) is 0 Å². The van der Waals surface area contributed by atoms with Crippen LogP contribution in [-0.2, 0) is 0 Å². The summed E-state index contributed by atoms with van der Waals surface area (Å²) >= 11 is 0. The molecular formula is C10H17. The minimum Gasteiger partial charge on any atom is -0.104 e. The predicted molar refractivity (Wildman–Crippen MR) is 46.4 cm³/mol. The Kier molecular flexibility index (Phi) is 6.38. The summed E-state index contributed by atoms with van der Waals surface area (Å²) in [4.78, 5) is 0. The van der Waals surface area contributed by atoms with E-state index in [0.29, 0.717) is 5.92 Å². The summed E-state index contributed by atoms with van der Waals surface area (Å²) in [7, 11) is 0. The van der Waals surface area contributed by atoms with E-state index in [4.69, 9.17) is 0 Å². The van der Waals surface area contributed by atoms with Crippen molar-refractivity contribution in [3.63, 3.8) is 0 Å². The Morgan fingerprint density at radius 2 is 2.10 bits per heavy atom. The van der Waals surface area contributed by atoms with Crippen molar-refractivity contribution in [2.75, 3.05) is 0 Å². The van der Waals surface area contributed by atoms with Gasteiger partial charge in [-0.05, 0) is 18.8 Å². The minimum atomic E-state index is 0.587. The van der Waals surface area contributed by atoms with E-state index in [0.717, 1.165) is 12.8 Å². The van der Waals surface area contributed by atoms with Gasteiger partial charge in [-0.2, -0.15) is 0 Å². The second-order valence-electron chi connectivity index (χ2n) is 2.70. The van der Waals surface area contributed by atoms with Crippen LogP contribution in [0.2, 0.25) is 0 Å². The maximum absolute atomic E-state index is 3.91. The van der Waals surface area contributed by atoms with Crippen LogP contribution < -0.4 is 0 Å². The van der Waals surface area contributed by atoms with Crippen LogP contribution in [0.25, 0.3) is 0 Å². The molecule has 1 unspecified atom stereocenters. The molecular weight excluding hydrogens is 120 g/mol. The fourth-order valence-corrected chi connectivity index (χ4v) is 0.752. The standard InChI is InChI=1S/C10H17/c1-4-5-6-7-8-9-10(2)3/h10H,2,4,7-9H2,1,3H3. The maximum Gasteiger partial charge on any atom is 0.00887 e. The van der Waals surface area contributed by atoms with E-state index in [1.54, 1.807) is 0 Å². The lowest BCUT2D eigenvalue weighted by molar-refractivity contribution is 0.612. The Morgan fingerprint density at radius 3 is 2.60 bits per heavy atom. The van der Waals surface area contributed by atoms with Crippen molar-refractivity contribution in [3.8, 4) is 11.8 Å². The molecule has 0 aromatic heterocycles. The molecule has 0 heterocycles. The fraction of sp³-hybridized carbons (Fsp3) is 0.700. The van der Waals surface area contributed by atoms with Crippen molar-refractivity contribution < 1.29 is 0 Å². The van der Waals surface area contributed by atoms with Crippen molar-refractivity contribution in [2.24, 2.45) is 5.92 Å². The summed E-state index contributed by atoms with van der Waals surface area (Å²) in [6, 6.07) is 0. The molecule has 0 aliphatic carbocycles. The molecule has 0 bridgehead atoms. The minimum absolute atomic E-state index is 0.587. The molecule has 0 fully saturated rings. The third kappa shape index (κ3) is 7.56. The van der Waals surface area contributed by atoms with Gasteiger partial charge < -0.3 is 0 Å². The van der Waals surface area contributed by atoms with Crippen LogP contribution in [0.3, 0.4) is 0 Å². The predicted octanol–water partition coefficient (Wildman–Crippen LogP) is 3.04. The lowest BCUT2D eigenvalue weighted by Gasteiger charge is -1.98. The average Bonchev–Trinajstić information content (AvgIpc) is 1.87. The van der Waals surface area contributed by atoms with Crippen LogP contribution in [0.5, 0.6) is 0 Å². The van der Waals surface area contributed by atoms with Gasteiger partial charge in [0.05, 0.1) is 0 Å². The molecule has 0 N–H and O–H groups in total. The molecule has 0 aliphatic rings. The highest BCUT2D eigenvalue weighted by molar-refractivity contribution is 4.97. The molecule has 0 heteroatoms. The zero-order valence-corrected chi connectivity index (χ0v) is 7.11. The van der Waals surface area contributed by atoms with Crippen molar-refractivity contribution in [2.45, 2.75) is 39.5 Å². The van der Waals surface area contributed by atoms with Gasteiger partial charge in [0, 0.05) is 12.8 Å². The summed E-state index contributed by atoms with van der Waals surface area (Å²) < 4.78 is 0. The first kappa shape index (κ1) is 9.56. The molecule has 0 spiro atoms. The zero-order valence-electron chi connectivity index (χ0n) is 7.11. The van der Waals surface area contributed by atoms with E-state index in [1.165, 1.54) is 12.8 Å². The molecule has 57 valence electrons. The smallest absolute Gasteiger partial charge is 0.00887 e. The third-order valence-electron chi connectivity index (χ3n) is 1.30. The highest BCUT2D eigenvalue weighted by Gasteiger charge is 1.90. The first-order chi connectivity index (χ1) is 4.77. The Morgan fingerprint density at radius 1 is 1.40 bits per heavy atom. The van der Waals surface area contributed by atoms with E-state index in [9.17, 15) is 0 Å². The summed E-state index contributed by atoms with van der Waals surface area (Å²) in [5.74, 6) is 6.75. The van der Waals surface area contributed by atoms with E-state index < -0.39 is 0 Å². The molecule has 0 amide bonds. The highest BCUT2D eigenvalue weighted by atomic mass is 14.0. The quantitative estimate of drug-likeness (QED) is 0.414. The Balaban J connectivity index is 3.05. The lowest BCUT2D eigenvalue weighted by Crippen LogP contribution is -1.85. The van der Waals surface area contributed by atoms with Crippen molar-refractivity contribution in [1.82, 2.24) is 0 Å². The monoisotopic (exact) mass is 137 g/mol. The summed E-state index contributed by atoms with van der Waals surface area (Å²) in [6.07, 6.45) is 4.45. The van der Waals surface area contributed by atoms with E-state index in [1.807, 2.05) is 0 Å². The highest BCUT2D eigenvalue weighted by Crippen LogP contribution is 2.04. The van der Waals surface area contributed by atoms with Gasteiger partial charge in [-0.1, -0.05) is 20.8 Å². The molecule has 0 saturated heterocycles. The number of hydrogen-bond donors (Lipinski definition) is 0. The first-order valence-electron chi connectivity index (χ1n) is 4.06. The molecule has 1 radical (unpaired) electrons. The molecule has 10 heavy (non-hydrogen) atoms. The number of rotatable bonds is 3. The van der Waals surface area contributed by atoms with Crippen LogP contribution in [0.4, 0.5) is 0 Å². The van der Waals surface area contributed by atoms with Crippen LogP contribution in [-0.4, -0.2) is 0 Å². The van der Waals surface area contributed by atoms with Crippen molar-refractivity contribution in [3.05, 3.63) is 6.92 Å². The Hall–Kier alpha value is -0.440. The van der Waals surface area contributed by atoms with E-state index >= 15 is 0 Å². The van der Waals surface area contributed by atoms with Gasteiger partial charge in [0.2, 0.25) is 0 Å². The van der Waals surface area contributed by atoms with Gasteiger partial charge in [-0.15, -0.1) is 11.8 Å². The van der Waals surface area contributed by atoms with Gasteiger partial charge in [0.15, 0.2) is 0 Å². The van der Waals surface area contributed by atoms with E-state index in [-0.39, 0.29) is 0 Å². The Bertz CT molecular complexity index is 112. The SMILES string of the molecule is [CH2]C(C)CCCC#CCC. The molecule has 0 saturated carbocycles. The molecule has 0 aliphatic heterocycles. The van der Waals surface area contributed by atoms with E-state index in [2.05, 4.69) is 32.6 Å². The summed E-state index contributed by atoms with van der Waals surface area (Å²) in [5, 5.41) is 0. The van der Waals surface area contributed by atoms with Crippen molar-refractivity contribution >= 4 is 0 Å². The van der Waals surface area contributed by atoms with Gasteiger partial charge in [-0.3, -0.25) is 0 Å². The maximum atomic E-state index is 3.91. The summed E-state index contributed by atoms with van der Waals surface area (Å²) in [5.41, 5.74) is 0. The molecule has 0 nitrogen and oxygen atoms in total. The normalized spacial score (nSPS) is 9.20. The topological polar surface area (TPSA) is 0 Å². The largest absolute Gasteiger partial charge is 0.104 e. The van der Waals surface area contributed by atoms with Crippen LogP contribution in [0.15, 0.2) is 0 Å². The van der Waals surface area contributed by atoms with Crippen LogP contribution >= 0.6 is 0 Å². The molecule has 1 atom stereocenters. The Labute approximate surface area is 65.0 Å². The molecule has 0 aromatic rings. The second kappa shape index (κ2) is 6.68. The first-order valence-corrected chi connectivity index (χ1v) is 4.06.